The number of hydrogen-bond acceptors (Lipinski definition) is 2. The Bertz CT molecular complexity index is 219. The van der Waals surface area contributed by atoms with Gasteiger partial charge in [0, 0.05) is 25.2 Å². The van der Waals surface area contributed by atoms with E-state index in [0.29, 0.717) is 0 Å². The molecule has 0 bridgehead atoms. The third kappa shape index (κ3) is 1.85. The maximum Gasteiger partial charge on any atom is 0.317 e. The average Bonchev–Trinajstić information content (AvgIpc) is 2.46. The molecule has 1 aliphatic carbocycles. The van der Waals surface area contributed by atoms with Gasteiger partial charge >= 0.3 is 6.03 Å². The largest absolute Gasteiger partial charge is 0.336 e. The van der Waals surface area contributed by atoms with Gasteiger partial charge in [-0.2, -0.15) is 0 Å². The molecule has 2 atom stereocenters. The van der Waals surface area contributed by atoms with Crippen molar-refractivity contribution >= 4 is 6.03 Å². The molecule has 4 nitrogen and oxygen atoms in total. The topological polar surface area (TPSA) is 58.4 Å². The second-order valence-electron chi connectivity index (χ2n) is 4.29. The fraction of sp³-hybridized carbons (Fsp3) is 0.900. The Morgan fingerprint density at radius 1 is 1.29 bits per heavy atom. The minimum absolute atomic E-state index is 0.0763. The van der Waals surface area contributed by atoms with E-state index in [2.05, 4.69) is 5.32 Å². The second kappa shape index (κ2) is 4.17. The Labute approximate surface area is 84.8 Å². The van der Waals surface area contributed by atoms with Gasteiger partial charge in [-0.05, 0) is 12.8 Å². The molecule has 1 saturated carbocycles. The molecule has 2 aliphatic rings. The SMILES string of the molecule is NC1CCCCCC1N1CCNC1=O. The molecule has 14 heavy (non-hydrogen) atoms. The monoisotopic (exact) mass is 197 g/mol. The van der Waals surface area contributed by atoms with Crippen LogP contribution in [0.3, 0.4) is 0 Å². The molecule has 1 saturated heterocycles. The lowest BCUT2D eigenvalue weighted by Crippen LogP contribution is -2.48. The highest BCUT2D eigenvalue weighted by molar-refractivity contribution is 5.76. The molecule has 2 unspecified atom stereocenters. The van der Waals surface area contributed by atoms with Crippen LogP contribution in [-0.4, -0.2) is 36.1 Å². The molecule has 2 fully saturated rings. The number of urea groups is 1. The number of nitrogens with one attached hydrogen (secondary N) is 1. The van der Waals surface area contributed by atoms with Crippen LogP contribution in [0, 0.1) is 0 Å². The Morgan fingerprint density at radius 2 is 2.07 bits per heavy atom. The van der Waals surface area contributed by atoms with E-state index in [9.17, 15) is 4.79 Å². The number of carbonyl (C=O) groups is 1. The minimum Gasteiger partial charge on any atom is -0.336 e. The van der Waals surface area contributed by atoms with Gasteiger partial charge in [-0.25, -0.2) is 4.79 Å². The molecule has 2 rings (SSSR count). The van der Waals surface area contributed by atoms with Crippen molar-refractivity contribution in [2.75, 3.05) is 13.1 Å². The van der Waals surface area contributed by atoms with Crippen molar-refractivity contribution in [2.45, 2.75) is 44.2 Å². The Kier molecular flexibility index (Phi) is 2.91. The molecule has 0 aromatic rings. The summed E-state index contributed by atoms with van der Waals surface area (Å²) in [5.41, 5.74) is 6.10. The number of carbonyl (C=O) groups excluding carboxylic acids is 1. The zero-order valence-electron chi connectivity index (χ0n) is 8.54. The quantitative estimate of drug-likeness (QED) is 0.607. The Balaban J connectivity index is 2.02. The molecule has 1 aliphatic heterocycles. The summed E-state index contributed by atoms with van der Waals surface area (Å²) in [6, 6.07) is 0.536. The normalized spacial score (nSPS) is 34.1. The molecule has 4 heteroatoms. The lowest BCUT2D eigenvalue weighted by molar-refractivity contribution is 0.183. The predicted octanol–water partition coefficient (Wildman–Crippen LogP) is 0.672. The van der Waals surface area contributed by atoms with E-state index in [1.54, 1.807) is 0 Å². The van der Waals surface area contributed by atoms with E-state index in [1.807, 2.05) is 4.90 Å². The van der Waals surface area contributed by atoms with Crippen molar-refractivity contribution in [2.24, 2.45) is 5.73 Å². The fourth-order valence-electron chi connectivity index (χ4n) is 2.51. The fourth-order valence-corrected chi connectivity index (χ4v) is 2.51. The predicted molar refractivity (Wildman–Crippen MR) is 55.0 cm³/mol. The van der Waals surface area contributed by atoms with Crippen LogP contribution >= 0.6 is 0 Å². The van der Waals surface area contributed by atoms with Gasteiger partial charge in [0.1, 0.15) is 0 Å². The summed E-state index contributed by atoms with van der Waals surface area (Å²) < 4.78 is 0. The maximum absolute atomic E-state index is 11.5. The van der Waals surface area contributed by atoms with Crippen LogP contribution in [0.15, 0.2) is 0 Å². The summed E-state index contributed by atoms with van der Waals surface area (Å²) in [5.74, 6) is 0. The molecule has 0 spiro atoms. The average molecular weight is 197 g/mol. The highest BCUT2D eigenvalue weighted by atomic mass is 16.2. The van der Waals surface area contributed by atoms with Gasteiger partial charge < -0.3 is 16.0 Å². The summed E-state index contributed by atoms with van der Waals surface area (Å²) in [5, 5.41) is 2.84. The first kappa shape index (κ1) is 9.77. The zero-order valence-corrected chi connectivity index (χ0v) is 8.54. The van der Waals surface area contributed by atoms with E-state index < -0.39 is 0 Å². The van der Waals surface area contributed by atoms with Crippen LogP contribution < -0.4 is 11.1 Å². The summed E-state index contributed by atoms with van der Waals surface area (Å²) >= 11 is 0. The van der Waals surface area contributed by atoms with Crippen LogP contribution in [0.2, 0.25) is 0 Å². The van der Waals surface area contributed by atoms with E-state index in [4.69, 9.17) is 5.73 Å². The number of nitrogens with zero attached hydrogens (tertiary/aromatic N) is 1. The zero-order chi connectivity index (χ0) is 9.97. The summed E-state index contributed by atoms with van der Waals surface area (Å²) in [7, 11) is 0. The standard InChI is InChI=1S/C10H19N3O/c11-8-4-2-1-3-5-9(8)13-7-6-12-10(13)14/h8-9H,1-7,11H2,(H,12,14). The van der Waals surface area contributed by atoms with E-state index in [0.717, 1.165) is 25.9 Å². The Hall–Kier alpha value is -0.770. The number of amides is 2. The van der Waals surface area contributed by atoms with E-state index in [1.165, 1.54) is 19.3 Å². The molecule has 0 aromatic carbocycles. The maximum atomic E-state index is 11.5. The number of nitrogens with two attached hydrogens (primary N) is 1. The summed E-state index contributed by atoms with van der Waals surface area (Å²) in [4.78, 5) is 13.4. The lowest BCUT2D eigenvalue weighted by atomic mass is 10.0. The molecule has 2 amide bonds. The van der Waals surface area contributed by atoms with Gasteiger partial charge in [0.25, 0.3) is 0 Å². The van der Waals surface area contributed by atoms with Crippen LogP contribution in [0.1, 0.15) is 32.1 Å². The molecule has 0 aromatic heterocycles. The number of hydrogen-bond donors (Lipinski definition) is 2. The summed E-state index contributed by atoms with van der Waals surface area (Å²) in [6.45, 7) is 1.61. The highest BCUT2D eigenvalue weighted by Gasteiger charge is 2.32. The number of rotatable bonds is 1. The third-order valence-corrected chi connectivity index (χ3v) is 3.32. The van der Waals surface area contributed by atoms with E-state index >= 15 is 0 Å². The van der Waals surface area contributed by atoms with Gasteiger partial charge in [-0.3, -0.25) is 0 Å². The van der Waals surface area contributed by atoms with Crippen LogP contribution in [0.4, 0.5) is 4.79 Å². The van der Waals surface area contributed by atoms with Crippen molar-refractivity contribution in [3.63, 3.8) is 0 Å². The minimum atomic E-state index is 0.0763. The van der Waals surface area contributed by atoms with Crippen LogP contribution in [0.5, 0.6) is 0 Å². The molecule has 3 N–H and O–H groups in total. The van der Waals surface area contributed by atoms with Gasteiger partial charge in [0.15, 0.2) is 0 Å². The van der Waals surface area contributed by atoms with Gasteiger partial charge in [-0.15, -0.1) is 0 Å². The van der Waals surface area contributed by atoms with Crippen molar-refractivity contribution in [1.82, 2.24) is 10.2 Å². The molecule has 0 radical (unpaired) electrons. The molecular formula is C10H19N3O. The van der Waals surface area contributed by atoms with Crippen molar-refractivity contribution in [1.29, 1.82) is 0 Å². The highest BCUT2D eigenvalue weighted by Crippen LogP contribution is 2.22. The van der Waals surface area contributed by atoms with Crippen LogP contribution in [0.25, 0.3) is 0 Å². The first-order valence-corrected chi connectivity index (χ1v) is 5.59. The first-order valence-electron chi connectivity index (χ1n) is 5.59. The van der Waals surface area contributed by atoms with Crippen molar-refractivity contribution in [3.8, 4) is 0 Å². The molecule has 1 heterocycles. The second-order valence-corrected chi connectivity index (χ2v) is 4.29. The summed E-state index contributed by atoms with van der Waals surface area (Å²) in [6.07, 6.45) is 5.83. The van der Waals surface area contributed by atoms with Crippen LogP contribution in [-0.2, 0) is 0 Å². The van der Waals surface area contributed by atoms with Gasteiger partial charge in [0.2, 0.25) is 0 Å². The first-order chi connectivity index (χ1) is 6.79. The van der Waals surface area contributed by atoms with Crippen molar-refractivity contribution in [3.05, 3.63) is 0 Å². The molecule has 80 valence electrons. The Morgan fingerprint density at radius 3 is 2.79 bits per heavy atom. The van der Waals surface area contributed by atoms with Gasteiger partial charge in [0.05, 0.1) is 0 Å². The van der Waals surface area contributed by atoms with Crippen molar-refractivity contribution < 1.29 is 4.79 Å². The van der Waals surface area contributed by atoms with Gasteiger partial charge in [-0.1, -0.05) is 19.3 Å². The van der Waals surface area contributed by atoms with E-state index in [-0.39, 0.29) is 18.1 Å². The molecular weight excluding hydrogens is 178 g/mol. The lowest BCUT2D eigenvalue weighted by Gasteiger charge is -2.30. The third-order valence-electron chi connectivity index (χ3n) is 3.32. The smallest absolute Gasteiger partial charge is 0.317 e.